The van der Waals surface area contributed by atoms with Gasteiger partial charge in [-0.25, -0.2) is 9.37 Å². The van der Waals surface area contributed by atoms with Gasteiger partial charge >= 0.3 is 0 Å². The molecule has 6 nitrogen and oxygen atoms in total. The molecule has 25 heavy (non-hydrogen) atoms. The molecule has 1 fully saturated rings. The summed E-state index contributed by atoms with van der Waals surface area (Å²) in [5, 5.41) is 12.6. The van der Waals surface area contributed by atoms with Crippen LogP contribution in [-0.2, 0) is 7.05 Å². The smallest absolute Gasteiger partial charge is 0.156 e. The van der Waals surface area contributed by atoms with E-state index in [0.29, 0.717) is 11.6 Å². The van der Waals surface area contributed by atoms with Crippen LogP contribution in [0.4, 0.5) is 4.39 Å². The van der Waals surface area contributed by atoms with E-state index in [-0.39, 0.29) is 5.82 Å². The first kappa shape index (κ1) is 14.3. The number of H-pyrrole nitrogens is 1. The summed E-state index contributed by atoms with van der Waals surface area (Å²) in [5.74, 6) is 0.161. The topological polar surface area (TPSA) is 72.3 Å². The Hall–Kier alpha value is -3.09. The van der Waals surface area contributed by atoms with Crippen molar-refractivity contribution in [1.82, 2.24) is 29.9 Å². The van der Waals surface area contributed by atoms with Crippen molar-refractivity contribution in [3.63, 3.8) is 0 Å². The molecule has 4 aromatic rings. The van der Waals surface area contributed by atoms with E-state index >= 15 is 0 Å². The predicted molar refractivity (Wildman–Crippen MR) is 91.3 cm³/mol. The molecule has 0 spiro atoms. The zero-order valence-corrected chi connectivity index (χ0v) is 13.6. The molecule has 4 heterocycles. The normalized spacial score (nSPS) is 14.3. The first-order chi connectivity index (χ1) is 12.2. The van der Waals surface area contributed by atoms with Gasteiger partial charge < -0.3 is 0 Å². The highest BCUT2D eigenvalue weighted by Crippen LogP contribution is 2.42. The number of nitrogens with one attached hydrogen (secondary N) is 1. The Morgan fingerprint density at radius 2 is 2.08 bits per heavy atom. The number of hydrogen-bond donors (Lipinski definition) is 1. The second-order valence-electron chi connectivity index (χ2n) is 6.43. The number of halogens is 1. The Bertz CT molecular complexity index is 1070. The summed E-state index contributed by atoms with van der Waals surface area (Å²) in [5.41, 5.74) is 5.18. The fourth-order valence-corrected chi connectivity index (χ4v) is 3.15. The van der Waals surface area contributed by atoms with Gasteiger partial charge in [-0.1, -0.05) is 0 Å². The van der Waals surface area contributed by atoms with Crippen molar-refractivity contribution < 1.29 is 4.39 Å². The summed E-state index contributed by atoms with van der Waals surface area (Å²) in [6.45, 7) is 0. The molecule has 1 aliphatic carbocycles. The van der Waals surface area contributed by atoms with Crippen LogP contribution in [0.5, 0.6) is 0 Å². The predicted octanol–water partition coefficient (Wildman–Crippen LogP) is 3.44. The lowest BCUT2D eigenvalue weighted by molar-refractivity contribution is 0.621. The van der Waals surface area contributed by atoms with E-state index in [1.807, 2.05) is 13.2 Å². The third kappa shape index (κ3) is 2.39. The van der Waals surface area contributed by atoms with Crippen molar-refractivity contribution in [3.05, 3.63) is 48.3 Å². The SMILES string of the molecule is Cn1cc(-c2cc(C3CC3)nc3[nH]ncc23)c(-c2ccc(F)cn2)n1. The monoisotopic (exact) mass is 334 g/mol. The fraction of sp³-hybridized carbons (Fsp3) is 0.222. The number of aromatic nitrogens is 6. The lowest BCUT2D eigenvalue weighted by Crippen LogP contribution is -1.92. The second kappa shape index (κ2) is 5.20. The summed E-state index contributed by atoms with van der Waals surface area (Å²) in [6.07, 6.45) is 7.29. The molecule has 0 amide bonds. The molecular weight excluding hydrogens is 319 g/mol. The number of pyridine rings is 2. The van der Waals surface area contributed by atoms with Crippen molar-refractivity contribution >= 4 is 11.0 Å². The van der Waals surface area contributed by atoms with E-state index in [9.17, 15) is 4.39 Å². The minimum Gasteiger partial charge on any atom is -0.274 e. The first-order valence-electron chi connectivity index (χ1n) is 8.19. The number of fused-ring (bicyclic) bond motifs is 1. The van der Waals surface area contributed by atoms with Gasteiger partial charge in [-0.15, -0.1) is 0 Å². The third-order valence-corrected chi connectivity index (χ3v) is 4.53. The molecule has 0 aromatic carbocycles. The van der Waals surface area contributed by atoms with Gasteiger partial charge in [0.05, 0.1) is 18.1 Å². The van der Waals surface area contributed by atoms with E-state index in [4.69, 9.17) is 4.98 Å². The molecule has 5 rings (SSSR count). The minimum atomic E-state index is -0.363. The Balaban J connectivity index is 1.75. The molecule has 0 aliphatic heterocycles. The van der Waals surface area contributed by atoms with Gasteiger partial charge in [0.1, 0.15) is 11.5 Å². The molecule has 0 radical (unpaired) electrons. The zero-order valence-electron chi connectivity index (χ0n) is 13.6. The van der Waals surface area contributed by atoms with Crippen LogP contribution in [0.1, 0.15) is 24.5 Å². The van der Waals surface area contributed by atoms with Gasteiger partial charge in [-0.05, 0) is 36.6 Å². The molecule has 0 saturated heterocycles. The maximum Gasteiger partial charge on any atom is 0.156 e. The van der Waals surface area contributed by atoms with Gasteiger partial charge in [0.2, 0.25) is 0 Å². The lowest BCUT2D eigenvalue weighted by Gasteiger charge is -2.06. The van der Waals surface area contributed by atoms with E-state index in [0.717, 1.165) is 33.5 Å². The number of rotatable bonds is 3. The van der Waals surface area contributed by atoms with Gasteiger partial charge in [-0.3, -0.25) is 14.8 Å². The number of aryl methyl sites for hydroxylation is 1. The molecule has 0 bridgehead atoms. The van der Waals surface area contributed by atoms with Crippen LogP contribution in [0.15, 0.2) is 36.8 Å². The van der Waals surface area contributed by atoms with Crippen LogP contribution in [0.3, 0.4) is 0 Å². The van der Waals surface area contributed by atoms with Crippen molar-refractivity contribution in [1.29, 1.82) is 0 Å². The molecule has 7 heteroatoms. The molecule has 0 unspecified atom stereocenters. The minimum absolute atomic E-state index is 0.363. The number of aromatic amines is 1. The van der Waals surface area contributed by atoms with Gasteiger partial charge in [0.15, 0.2) is 5.65 Å². The summed E-state index contributed by atoms with van der Waals surface area (Å²) in [7, 11) is 1.87. The van der Waals surface area contributed by atoms with Gasteiger partial charge in [0, 0.05) is 35.8 Å². The Kier molecular flexibility index (Phi) is 2.97. The van der Waals surface area contributed by atoms with Crippen LogP contribution in [0.2, 0.25) is 0 Å². The van der Waals surface area contributed by atoms with Gasteiger partial charge in [-0.2, -0.15) is 10.2 Å². The number of hydrogen-bond acceptors (Lipinski definition) is 4. The van der Waals surface area contributed by atoms with Crippen molar-refractivity contribution in [2.45, 2.75) is 18.8 Å². The molecule has 1 aliphatic rings. The third-order valence-electron chi connectivity index (χ3n) is 4.53. The summed E-state index contributed by atoms with van der Waals surface area (Å²) < 4.78 is 15.0. The standard InChI is InChI=1S/C18H15FN6/c1-25-9-14(17(24-25)15-5-4-11(19)7-20-15)12-6-16(10-2-3-10)22-18-13(12)8-21-23-18/h4-10H,2-3H2,1H3,(H,21,22,23). The lowest BCUT2D eigenvalue weighted by atomic mass is 10.0. The van der Waals surface area contributed by atoms with E-state index in [2.05, 4.69) is 26.3 Å². The molecule has 1 saturated carbocycles. The average molecular weight is 334 g/mol. The molecule has 1 N–H and O–H groups in total. The maximum atomic E-state index is 13.2. The average Bonchev–Trinajstić information content (AvgIpc) is 3.23. The Labute approximate surface area is 142 Å². The van der Waals surface area contributed by atoms with Crippen molar-refractivity contribution in [2.75, 3.05) is 0 Å². The molecule has 4 aromatic heterocycles. The van der Waals surface area contributed by atoms with Crippen molar-refractivity contribution in [2.24, 2.45) is 7.05 Å². The van der Waals surface area contributed by atoms with E-state index in [1.165, 1.54) is 25.1 Å². The Morgan fingerprint density at radius 3 is 2.84 bits per heavy atom. The summed E-state index contributed by atoms with van der Waals surface area (Å²) in [4.78, 5) is 8.89. The molecular formula is C18H15FN6. The van der Waals surface area contributed by atoms with Gasteiger partial charge in [0.25, 0.3) is 0 Å². The second-order valence-corrected chi connectivity index (χ2v) is 6.43. The first-order valence-corrected chi connectivity index (χ1v) is 8.19. The summed E-state index contributed by atoms with van der Waals surface area (Å²) in [6, 6.07) is 5.17. The number of nitrogens with zero attached hydrogens (tertiary/aromatic N) is 5. The quantitative estimate of drug-likeness (QED) is 0.623. The van der Waals surface area contributed by atoms with E-state index < -0.39 is 0 Å². The fourth-order valence-electron chi connectivity index (χ4n) is 3.15. The zero-order chi connectivity index (χ0) is 17.0. The van der Waals surface area contributed by atoms with Crippen LogP contribution in [0, 0.1) is 5.82 Å². The highest BCUT2D eigenvalue weighted by Gasteiger charge is 2.27. The largest absolute Gasteiger partial charge is 0.274 e. The van der Waals surface area contributed by atoms with Crippen molar-refractivity contribution in [3.8, 4) is 22.5 Å². The molecule has 124 valence electrons. The van der Waals surface area contributed by atoms with E-state index in [1.54, 1.807) is 16.9 Å². The highest BCUT2D eigenvalue weighted by molar-refractivity contribution is 5.96. The van der Waals surface area contributed by atoms with Crippen LogP contribution < -0.4 is 0 Å². The highest BCUT2D eigenvalue weighted by atomic mass is 19.1. The Morgan fingerprint density at radius 1 is 1.20 bits per heavy atom. The van der Waals surface area contributed by atoms with Crippen LogP contribution >= 0.6 is 0 Å². The summed E-state index contributed by atoms with van der Waals surface area (Å²) >= 11 is 0. The molecule has 0 atom stereocenters. The maximum absolute atomic E-state index is 13.2. The van der Waals surface area contributed by atoms with Crippen LogP contribution in [-0.4, -0.2) is 29.9 Å². The van der Waals surface area contributed by atoms with Crippen LogP contribution in [0.25, 0.3) is 33.5 Å².